The molecule has 2 aliphatic heterocycles. The number of hydrogen-bond donors (Lipinski definition) is 0. The maximum absolute atomic E-state index is 13.5. The SMILES string of the molecule is C=CCOC(=O)N1C[C@@H](SC(=O)c2ccccc2)C[C@H]1C(=O)N1CCN(C(=O)OCc2ccc(OC)cc2)CC1. The molecule has 2 fully saturated rings. The molecule has 0 radical (unpaired) electrons. The molecule has 40 heavy (non-hydrogen) atoms. The van der Waals surface area contributed by atoms with Gasteiger partial charge in [-0.1, -0.05) is 66.9 Å². The summed E-state index contributed by atoms with van der Waals surface area (Å²) in [6.45, 7) is 5.18. The molecule has 0 spiro atoms. The molecule has 2 saturated heterocycles. The lowest BCUT2D eigenvalue weighted by atomic mass is 10.1. The number of carbonyl (C=O) groups excluding carboxylic acids is 4. The van der Waals surface area contributed by atoms with Crippen LogP contribution < -0.4 is 4.74 Å². The molecule has 2 aliphatic rings. The van der Waals surface area contributed by atoms with Gasteiger partial charge >= 0.3 is 12.2 Å². The molecule has 3 amide bonds. The van der Waals surface area contributed by atoms with Crippen LogP contribution in [0.15, 0.2) is 67.3 Å². The molecule has 0 unspecified atom stereocenters. The molecule has 2 atom stereocenters. The van der Waals surface area contributed by atoms with E-state index in [0.717, 1.165) is 23.1 Å². The summed E-state index contributed by atoms with van der Waals surface area (Å²) in [5.41, 5.74) is 1.41. The average Bonchev–Trinajstić information content (AvgIpc) is 3.42. The fraction of sp³-hybridized carbons (Fsp3) is 0.379. The highest BCUT2D eigenvalue weighted by molar-refractivity contribution is 8.14. The third-order valence-electron chi connectivity index (χ3n) is 6.76. The Morgan fingerprint density at radius 2 is 1.60 bits per heavy atom. The number of thioether (sulfide) groups is 1. The van der Waals surface area contributed by atoms with E-state index in [1.165, 1.54) is 11.0 Å². The van der Waals surface area contributed by atoms with Crippen LogP contribution in [-0.2, 0) is 20.9 Å². The fourth-order valence-electron chi connectivity index (χ4n) is 4.60. The van der Waals surface area contributed by atoms with Gasteiger partial charge in [-0.15, -0.1) is 0 Å². The first kappa shape index (κ1) is 29.0. The number of likely N-dealkylation sites (tertiary alicyclic amines) is 1. The summed E-state index contributed by atoms with van der Waals surface area (Å²) in [4.78, 5) is 56.3. The molecular weight excluding hydrogens is 534 g/mol. The molecule has 0 N–H and O–H groups in total. The first-order chi connectivity index (χ1) is 19.4. The Morgan fingerprint density at radius 1 is 0.925 bits per heavy atom. The Kier molecular flexibility index (Phi) is 10.1. The van der Waals surface area contributed by atoms with Crippen molar-refractivity contribution in [3.8, 4) is 5.75 Å². The summed E-state index contributed by atoms with van der Waals surface area (Å²) >= 11 is 1.13. The second-order valence-corrected chi connectivity index (χ2v) is 10.7. The van der Waals surface area contributed by atoms with Crippen molar-refractivity contribution in [1.82, 2.24) is 14.7 Å². The summed E-state index contributed by atoms with van der Waals surface area (Å²) in [5.74, 6) is 0.496. The van der Waals surface area contributed by atoms with E-state index in [1.807, 2.05) is 18.2 Å². The van der Waals surface area contributed by atoms with Gasteiger partial charge in [0.2, 0.25) is 11.0 Å². The minimum atomic E-state index is -0.757. The van der Waals surface area contributed by atoms with E-state index in [2.05, 4.69) is 6.58 Å². The normalized spacial score (nSPS) is 18.7. The van der Waals surface area contributed by atoms with Gasteiger partial charge < -0.3 is 24.0 Å². The van der Waals surface area contributed by atoms with Gasteiger partial charge in [0.25, 0.3) is 0 Å². The van der Waals surface area contributed by atoms with Gasteiger partial charge in [-0.2, -0.15) is 0 Å². The molecule has 0 saturated carbocycles. The summed E-state index contributed by atoms with van der Waals surface area (Å²) in [5, 5.41) is -0.368. The Hall–Kier alpha value is -3.99. The van der Waals surface area contributed by atoms with E-state index >= 15 is 0 Å². The van der Waals surface area contributed by atoms with Crippen LogP contribution in [-0.4, -0.2) is 95.6 Å². The van der Waals surface area contributed by atoms with Crippen LogP contribution in [0.2, 0.25) is 0 Å². The topological polar surface area (TPSA) is 106 Å². The number of nitrogens with zero attached hydrogens (tertiary/aromatic N) is 3. The molecule has 4 rings (SSSR count). The van der Waals surface area contributed by atoms with E-state index in [1.54, 1.807) is 53.3 Å². The molecule has 0 aliphatic carbocycles. The number of rotatable bonds is 8. The van der Waals surface area contributed by atoms with Gasteiger partial charge in [0.05, 0.1) is 7.11 Å². The lowest BCUT2D eigenvalue weighted by Crippen LogP contribution is -2.55. The summed E-state index contributed by atoms with van der Waals surface area (Å²) in [6.07, 6.45) is 0.724. The largest absolute Gasteiger partial charge is 0.497 e. The van der Waals surface area contributed by atoms with Crippen LogP contribution in [0.5, 0.6) is 5.75 Å². The minimum absolute atomic E-state index is 0.0221. The third kappa shape index (κ3) is 7.35. The molecule has 0 bridgehead atoms. The van der Waals surface area contributed by atoms with Crippen molar-refractivity contribution in [2.24, 2.45) is 0 Å². The molecule has 0 aromatic heterocycles. The van der Waals surface area contributed by atoms with Crippen molar-refractivity contribution in [3.05, 3.63) is 78.4 Å². The van der Waals surface area contributed by atoms with Crippen molar-refractivity contribution in [3.63, 3.8) is 0 Å². The van der Waals surface area contributed by atoms with E-state index in [-0.39, 0.29) is 36.0 Å². The highest BCUT2D eigenvalue weighted by Gasteiger charge is 2.43. The zero-order valence-electron chi connectivity index (χ0n) is 22.4. The molecule has 11 heteroatoms. The van der Waals surface area contributed by atoms with E-state index < -0.39 is 18.2 Å². The summed E-state index contributed by atoms with van der Waals surface area (Å²) in [6, 6.07) is 15.4. The predicted molar refractivity (Wildman–Crippen MR) is 150 cm³/mol. The number of benzene rings is 2. The van der Waals surface area contributed by atoms with Crippen molar-refractivity contribution in [2.45, 2.75) is 24.3 Å². The van der Waals surface area contributed by atoms with Gasteiger partial charge in [-0.05, 0) is 24.1 Å². The smallest absolute Gasteiger partial charge is 0.410 e. The van der Waals surface area contributed by atoms with Crippen molar-refractivity contribution in [1.29, 1.82) is 0 Å². The quantitative estimate of drug-likeness (QED) is 0.444. The third-order valence-corrected chi connectivity index (χ3v) is 7.89. The van der Waals surface area contributed by atoms with Gasteiger partial charge in [-0.25, -0.2) is 9.59 Å². The van der Waals surface area contributed by atoms with E-state index in [9.17, 15) is 19.2 Å². The van der Waals surface area contributed by atoms with Crippen LogP contribution in [0.25, 0.3) is 0 Å². The van der Waals surface area contributed by atoms with E-state index in [4.69, 9.17) is 14.2 Å². The van der Waals surface area contributed by atoms with Crippen LogP contribution >= 0.6 is 11.8 Å². The standard InChI is InChI=1S/C29H33N3O7S/c1-3-17-38-29(36)32-19-24(40-27(34)22-7-5-4-6-8-22)18-25(32)26(33)30-13-15-31(16-14-30)28(35)39-20-21-9-11-23(37-2)12-10-21/h3-12,24-25H,1,13-20H2,2H3/t24-,25-/m0/s1. The van der Waals surface area contributed by atoms with Crippen LogP contribution in [0.4, 0.5) is 9.59 Å². The Bertz CT molecular complexity index is 1200. The molecule has 2 aromatic rings. The lowest BCUT2D eigenvalue weighted by molar-refractivity contribution is -0.137. The van der Waals surface area contributed by atoms with Crippen LogP contribution in [0, 0.1) is 0 Å². The number of methoxy groups -OCH3 is 1. The Morgan fingerprint density at radius 3 is 2.25 bits per heavy atom. The zero-order valence-corrected chi connectivity index (χ0v) is 23.2. The van der Waals surface area contributed by atoms with Crippen LogP contribution in [0.1, 0.15) is 22.3 Å². The number of amides is 3. The highest BCUT2D eigenvalue weighted by Crippen LogP contribution is 2.31. The first-order valence-electron chi connectivity index (χ1n) is 13.0. The van der Waals surface area contributed by atoms with Crippen LogP contribution in [0.3, 0.4) is 0 Å². The average molecular weight is 568 g/mol. The second-order valence-electron chi connectivity index (χ2n) is 9.38. The summed E-state index contributed by atoms with van der Waals surface area (Å²) < 4.78 is 15.8. The Balaban J connectivity index is 1.32. The maximum Gasteiger partial charge on any atom is 0.410 e. The summed E-state index contributed by atoms with van der Waals surface area (Å²) in [7, 11) is 1.59. The highest BCUT2D eigenvalue weighted by atomic mass is 32.2. The van der Waals surface area contributed by atoms with Gasteiger partial charge in [0, 0.05) is 43.5 Å². The maximum atomic E-state index is 13.5. The molecule has 2 heterocycles. The van der Waals surface area contributed by atoms with Gasteiger partial charge in [0.15, 0.2) is 0 Å². The van der Waals surface area contributed by atoms with Gasteiger partial charge in [-0.3, -0.25) is 14.5 Å². The monoisotopic (exact) mass is 567 g/mol. The van der Waals surface area contributed by atoms with Crippen molar-refractivity contribution < 1.29 is 33.4 Å². The zero-order chi connectivity index (χ0) is 28.5. The fourth-order valence-corrected chi connectivity index (χ4v) is 5.69. The second kappa shape index (κ2) is 13.9. The van der Waals surface area contributed by atoms with E-state index in [0.29, 0.717) is 38.2 Å². The van der Waals surface area contributed by atoms with Crippen molar-refractivity contribution >= 4 is 35.0 Å². The van der Waals surface area contributed by atoms with Crippen molar-refractivity contribution in [2.75, 3.05) is 46.4 Å². The minimum Gasteiger partial charge on any atom is -0.497 e. The molecule has 10 nitrogen and oxygen atoms in total. The number of piperazine rings is 1. The lowest BCUT2D eigenvalue weighted by Gasteiger charge is -2.36. The molecule has 2 aromatic carbocycles. The number of ether oxygens (including phenoxy) is 3. The number of carbonyl (C=O) groups is 4. The Labute approximate surface area is 237 Å². The number of hydrogen-bond acceptors (Lipinski definition) is 8. The first-order valence-corrected chi connectivity index (χ1v) is 13.9. The molecular formula is C29H33N3O7S. The predicted octanol–water partition coefficient (Wildman–Crippen LogP) is 3.82. The molecule has 212 valence electrons. The van der Waals surface area contributed by atoms with Gasteiger partial charge in [0.1, 0.15) is 25.0 Å².